The van der Waals surface area contributed by atoms with Gasteiger partial charge in [-0.05, 0) is 49.6 Å². The summed E-state index contributed by atoms with van der Waals surface area (Å²) >= 11 is 0. The van der Waals surface area contributed by atoms with E-state index in [1.807, 2.05) is 30.5 Å². The van der Waals surface area contributed by atoms with E-state index in [0.29, 0.717) is 18.5 Å². The Morgan fingerprint density at radius 3 is 2.57 bits per heavy atom. The highest BCUT2D eigenvalue weighted by Crippen LogP contribution is 2.22. The smallest absolute Gasteiger partial charge is 0.278 e. The van der Waals surface area contributed by atoms with Crippen LogP contribution in [0.4, 0.5) is 5.82 Å². The number of carbonyl (C=O) groups excluding carboxylic acids is 1. The fourth-order valence-corrected chi connectivity index (χ4v) is 4.79. The van der Waals surface area contributed by atoms with Gasteiger partial charge in [0, 0.05) is 18.1 Å². The van der Waals surface area contributed by atoms with Gasteiger partial charge in [-0.2, -0.15) is 0 Å². The zero-order valence-electron chi connectivity index (χ0n) is 18.0. The molecule has 2 atom stereocenters. The van der Waals surface area contributed by atoms with E-state index in [1.165, 1.54) is 29.7 Å². The van der Waals surface area contributed by atoms with Gasteiger partial charge in [0.1, 0.15) is 24.9 Å². The number of hydrogen-bond donors (Lipinski definition) is 1. The summed E-state index contributed by atoms with van der Waals surface area (Å²) in [7, 11) is 1.70. The first-order valence-electron chi connectivity index (χ1n) is 11.2. The first-order chi connectivity index (χ1) is 14.7. The summed E-state index contributed by atoms with van der Waals surface area (Å²) < 4.78 is 5.32. The number of piperazine rings is 1. The summed E-state index contributed by atoms with van der Waals surface area (Å²) in [4.78, 5) is 22.3. The lowest BCUT2D eigenvalue weighted by Crippen LogP contribution is -3.13. The SMILES string of the molecule is COc1ccc(C2CCCCC[NH+]2CC(=O)N2CCN(c3cccc[nH+]3)CC2)cc1. The number of ether oxygens (including phenoxy) is 1. The zero-order valence-corrected chi connectivity index (χ0v) is 18.0. The van der Waals surface area contributed by atoms with Crippen molar-refractivity contribution in [2.24, 2.45) is 0 Å². The molecule has 2 saturated heterocycles. The lowest BCUT2D eigenvalue weighted by molar-refractivity contribution is -0.923. The van der Waals surface area contributed by atoms with Gasteiger partial charge in [-0.1, -0.05) is 6.07 Å². The Balaban J connectivity index is 1.38. The number of rotatable bonds is 5. The van der Waals surface area contributed by atoms with Gasteiger partial charge in [0.2, 0.25) is 0 Å². The number of nitrogens with zero attached hydrogens (tertiary/aromatic N) is 2. The number of likely N-dealkylation sites (tertiary alicyclic amines) is 1. The number of H-pyrrole nitrogens is 1. The van der Waals surface area contributed by atoms with Crippen LogP contribution in [0.25, 0.3) is 0 Å². The summed E-state index contributed by atoms with van der Waals surface area (Å²) in [5.74, 6) is 2.31. The minimum Gasteiger partial charge on any atom is -0.497 e. The molecule has 6 heteroatoms. The molecule has 1 aromatic heterocycles. The molecule has 2 aliphatic heterocycles. The van der Waals surface area contributed by atoms with Crippen LogP contribution in [0, 0.1) is 0 Å². The molecule has 3 heterocycles. The van der Waals surface area contributed by atoms with Gasteiger partial charge in [0.15, 0.2) is 6.54 Å². The van der Waals surface area contributed by atoms with Crippen LogP contribution >= 0.6 is 0 Å². The van der Waals surface area contributed by atoms with Gasteiger partial charge < -0.3 is 14.5 Å². The molecule has 0 aliphatic carbocycles. The standard InChI is InChI=1S/C24H32N4O2/c1-30-21-11-9-20(10-12-21)22-7-3-2-6-14-28(22)19-24(29)27-17-15-26(16-18-27)23-8-4-5-13-25-23/h4-5,8-13,22H,2-3,6-7,14-19H2,1H3/p+2. The molecule has 2 unspecified atom stereocenters. The van der Waals surface area contributed by atoms with Crippen molar-refractivity contribution in [2.45, 2.75) is 31.7 Å². The van der Waals surface area contributed by atoms with Crippen molar-refractivity contribution in [2.75, 3.05) is 51.3 Å². The van der Waals surface area contributed by atoms with Gasteiger partial charge >= 0.3 is 0 Å². The number of nitrogens with one attached hydrogen (secondary N) is 2. The van der Waals surface area contributed by atoms with E-state index in [0.717, 1.165) is 50.7 Å². The highest BCUT2D eigenvalue weighted by Gasteiger charge is 2.32. The van der Waals surface area contributed by atoms with Gasteiger partial charge in [0.05, 0.1) is 32.9 Å². The van der Waals surface area contributed by atoms with Gasteiger partial charge in [-0.25, -0.2) is 4.98 Å². The van der Waals surface area contributed by atoms with Crippen molar-refractivity contribution in [1.82, 2.24) is 4.90 Å². The van der Waals surface area contributed by atoms with E-state index in [9.17, 15) is 4.79 Å². The summed E-state index contributed by atoms with van der Waals surface area (Å²) in [5, 5.41) is 0. The fraction of sp³-hybridized carbons (Fsp3) is 0.500. The predicted molar refractivity (Wildman–Crippen MR) is 117 cm³/mol. The molecule has 0 saturated carbocycles. The van der Waals surface area contributed by atoms with E-state index in [1.54, 1.807) is 7.11 Å². The van der Waals surface area contributed by atoms with E-state index in [2.05, 4.69) is 33.0 Å². The van der Waals surface area contributed by atoms with Crippen LogP contribution in [0.15, 0.2) is 48.7 Å². The van der Waals surface area contributed by atoms with Crippen LogP contribution in [-0.4, -0.2) is 57.2 Å². The van der Waals surface area contributed by atoms with E-state index in [-0.39, 0.29) is 0 Å². The second-order valence-corrected chi connectivity index (χ2v) is 8.38. The van der Waals surface area contributed by atoms with Crippen LogP contribution < -0.4 is 19.5 Å². The number of amides is 1. The Bertz CT molecular complexity index is 804. The van der Waals surface area contributed by atoms with Crippen molar-refractivity contribution in [3.63, 3.8) is 0 Å². The number of aromatic amines is 1. The largest absolute Gasteiger partial charge is 0.497 e. The first-order valence-corrected chi connectivity index (χ1v) is 11.2. The molecular formula is C24H34N4O2+2. The Hall–Kier alpha value is -2.60. The van der Waals surface area contributed by atoms with Gasteiger partial charge in [-0.15, -0.1) is 0 Å². The minimum absolute atomic E-state index is 0.294. The Kier molecular flexibility index (Phi) is 6.84. The number of hydrogen-bond acceptors (Lipinski definition) is 3. The van der Waals surface area contributed by atoms with Gasteiger partial charge in [-0.3, -0.25) is 9.69 Å². The second kappa shape index (κ2) is 9.94. The molecule has 0 radical (unpaired) electrons. The molecule has 6 nitrogen and oxygen atoms in total. The summed E-state index contributed by atoms with van der Waals surface area (Å²) in [6.45, 7) is 5.01. The molecule has 2 aromatic rings. The molecule has 0 spiro atoms. The number of benzene rings is 1. The maximum atomic E-state index is 13.2. The molecule has 160 valence electrons. The molecule has 1 amide bonds. The molecule has 2 fully saturated rings. The maximum absolute atomic E-state index is 13.2. The highest BCUT2D eigenvalue weighted by molar-refractivity contribution is 5.77. The lowest BCUT2D eigenvalue weighted by atomic mass is 10.0. The molecular weight excluding hydrogens is 376 g/mol. The van der Waals surface area contributed by atoms with E-state index in [4.69, 9.17) is 4.74 Å². The third-order valence-electron chi connectivity index (χ3n) is 6.55. The number of pyridine rings is 1. The van der Waals surface area contributed by atoms with Gasteiger partial charge in [0.25, 0.3) is 11.7 Å². The average molecular weight is 411 g/mol. The minimum atomic E-state index is 0.294. The predicted octanol–water partition coefficient (Wildman–Crippen LogP) is 1.36. The van der Waals surface area contributed by atoms with Crippen LogP contribution in [0.3, 0.4) is 0 Å². The normalized spacial score (nSPS) is 22.4. The van der Waals surface area contributed by atoms with Crippen LogP contribution in [0.2, 0.25) is 0 Å². The number of aromatic nitrogens is 1. The number of carbonyl (C=O) groups is 1. The van der Waals surface area contributed by atoms with Crippen molar-refractivity contribution >= 4 is 11.7 Å². The summed E-state index contributed by atoms with van der Waals surface area (Å²) in [5.41, 5.74) is 1.32. The third-order valence-corrected chi connectivity index (χ3v) is 6.55. The van der Waals surface area contributed by atoms with Crippen LogP contribution in [-0.2, 0) is 4.79 Å². The molecule has 4 rings (SSSR count). The first kappa shape index (κ1) is 20.7. The summed E-state index contributed by atoms with van der Waals surface area (Å²) in [6, 6.07) is 15.0. The van der Waals surface area contributed by atoms with Crippen LogP contribution in [0.5, 0.6) is 5.75 Å². The molecule has 2 aliphatic rings. The van der Waals surface area contributed by atoms with Crippen molar-refractivity contribution in [3.05, 3.63) is 54.2 Å². The maximum Gasteiger partial charge on any atom is 0.278 e. The number of quaternary nitrogens is 1. The van der Waals surface area contributed by atoms with Crippen LogP contribution in [0.1, 0.15) is 37.3 Å². The number of methoxy groups -OCH3 is 1. The molecule has 0 bridgehead atoms. The Labute approximate surface area is 179 Å². The topological polar surface area (TPSA) is 51.4 Å². The third kappa shape index (κ3) is 4.93. The average Bonchev–Trinajstić information content (AvgIpc) is 3.05. The van der Waals surface area contributed by atoms with Crippen molar-refractivity contribution in [1.29, 1.82) is 0 Å². The quantitative estimate of drug-likeness (QED) is 0.810. The summed E-state index contributed by atoms with van der Waals surface area (Å²) in [6.07, 6.45) is 6.80. The fourth-order valence-electron chi connectivity index (χ4n) is 4.79. The monoisotopic (exact) mass is 410 g/mol. The molecule has 1 aromatic carbocycles. The lowest BCUT2D eigenvalue weighted by Gasteiger charge is -2.33. The van der Waals surface area contributed by atoms with Crippen molar-refractivity contribution < 1.29 is 19.4 Å². The molecule has 2 N–H and O–H groups in total. The Morgan fingerprint density at radius 1 is 1.07 bits per heavy atom. The highest BCUT2D eigenvalue weighted by atomic mass is 16.5. The van der Waals surface area contributed by atoms with Crippen molar-refractivity contribution in [3.8, 4) is 5.75 Å². The second-order valence-electron chi connectivity index (χ2n) is 8.38. The van der Waals surface area contributed by atoms with E-state index >= 15 is 0 Å². The zero-order chi connectivity index (χ0) is 20.8. The van der Waals surface area contributed by atoms with E-state index < -0.39 is 0 Å². The Morgan fingerprint density at radius 2 is 1.87 bits per heavy atom. The molecule has 30 heavy (non-hydrogen) atoms. The number of anilines is 1.